The summed E-state index contributed by atoms with van der Waals surface area (Å²) < 4.78 is 5.41. The SMILES string of the molecule is CC(C)OCCN(C)C(=O)C1CSCN1. The molecular weight excluding hydrogens is 212 g/mol. The average molecular weight is 232 g/mol. The zero-order valence-corrected chi connectivity index (χ0v) is 10.5. The van der Waals surface area contributed by atoms with Crippen LogP contribution >= 0.6 is 11.8 Å². The zero-order valence-electron chi connectivity index (χ0n) is 9.66. The van der Waals surface area contributed by atoms with Gasteiger partial charge in [0.15, 0.2) is 0 Å². The summed E-state index contributed by atoms with van der Waals surface area (Å²) in [4.78, 5) is 13.6. The summed E-state index contributed by atoms with van der Waals surface area (Å²) in [6.07, 6.45) is 0.230. The zero-order chi connectivity index (χ0) is 11.3. The second-order valence-electron chi connectivity index (χ2n) is 3.95. The van der Waals surface area contributed by atoms with Gasteiger partial charge in [0.05, 0.1) is 18.8 Å². The number of ether oxygens (including phenoxy) is 1. The third-order valence-corrected chi connectivity index (χ3v) is 3.21. The van der Waals surface area contributed by atoms with Crippen LogP contribution in [0.3, 0.4) is 0 Å². The van der Waals surface area contributed by atoms with E-state index in [2.05, 4.69) is 5.32 Å². The largest absolute Gasteiger partial charge is 0.377 e. The number of rotatable bonds is 5. The minimum atomic E-state index is -0.000880. The lowest BCUT2D eigenvalue weighted by atomic mass is 10.3. The van der Waals surface area contributed by atoms with Crippen molar-refractivity contribution in [2.75, 3.05) is 31.8 Å². The maximum Gasteiger partial charge on any atom is 0.240 e. The molecule has 0 radical (unpaired) electrons. The van der Waals surface area contributed by atoms with Crippen molar-refractivity contribution < 1.29 is 9.53 Å². The van der Waals surface area contributed by atoms with Crippen LogP contribution in [0.2, 0.25) is 0 Å². The summed E-state index contributed by atoms with van der Waals surface area (Å²) in [5.41, 5.74) is 0. The van der Waals surface area contributed by atoms with Crippen LogP contribution in [0.1, 0.15) is 13.8 Å². The standard InChI is InChI=1S/C10H20N2O2S/c1-8(2)14-5-4-12(3)10(13)9-6-15-7-11-9/h8-9,11H,4-7H2,1-3H3. The molecule has 0 spiro atoms. The van der Waals surface area contributed by atoms with Gasteiger partial charge in [-0.25, -0.2) is 0 Å². The van der Waals surface area contributed by atoms with Gasteiger partial charge in [-0.05, 0) is 13.8 Å². The van der Waals surface area contributed by atoms with Crippen LogP contribution in [0.5, 0.6) is 0 Å². The Morgan fingerprint density at radius 3 is 2.93 bits per heavy atom. The van der Waals surface area contributed by atoms with Crippen molar-refractivity contribution in [1.29, 1.82) is 0 Å². The Kier molecular flexibility index (Phi) is 5.42. The maximum atomic E-state index is 11.8. The Labute approximate surface area is 95.7 Å². The molecule has 88 valence electrons. The number of likely N-dealkylation sites (N-methyl/N-ethyl adjacent to an activating group) is 1. The predicted octanol–water partition coefficient (Wildman–Crippen LogP) is 0.532. The van der Waals surface area contributed by atoms with Gasteiger partial charge >= 0.3 is 0 Å². The van der Waals surface area contributed by atoms with E-state index in [0.717, 1.165) is 11.6 Å². The smallest absolute Gasteiger partial charge is 0.240 e. The van der Waals surface area contributed by atoms with Crippen molar-refractivity contribution in [2.45, 2.75) is 26.0 Å². The number of nitrogens with one attached hydrogen (secondary N) is 1. The molecule has 1 heterocycles. The number of nitrogens with zero attached hydrogens (tertiary/aromatic N) is 1. The van der Waals surface area contributed by atoms with Crippen molar-refractivity contribution in [1.82, 2.24) is 10.2 Å². The summed E-state index contributed by atoms with van der Waals surface area (Å²) in [6, 6.07) is -0.000880. The molecule has 0 saturated carbocycles. The summed E-state index contributed by atoms with van der Waals surface area (Å²) in [7, 11) is 1.83. The van der Waals surface area contributed by atoms with Gasteiger partial charge in [0, 0.05) is 25.2 Å². The molecule has 1 fully saturated rings. The molecule has 1 N–H and O–H groups in total. The Morgan fingerprint density at radius 1 is 1.67 bits per heavy atom. The number of thioether (sulfide) groups is 1. The van der Waals surface area contributed by atoms with Crippen LogP contribution in [-0.2, 0) is 9.53 Å². The van der Waals surface area contributed by atoms with Gasteiger partial charge in [-0.15, -0.1) is 11.8 Å². The summed E-state index contributed by atoms with van der Waals surface area (Å²) in [5.74, 6) is 1.94. The van der Waals surface area contributed by atoms with Crippen LogP contribution in [-0.4, -0.2) is 54.8 Å². The molecule has 1 saturated heterocycles. The third-order valence-electron chi connectivity index (χ3n) is 2.27. The first-order valence-electron chi connectivity index (χ1n) is 5.29. The number of amides is 1. The number of carbonyl (C=O) groups excluding carboxylic acids is 1. The van der Waals surface area contributed by atoms with E-state index in [1.807, 2.05) is 20.9 Å². The molecule has 0 aromatic heterocycles. The lowest BCUT2D eigenvalue weighted by Gasteiger charge is -2.21. The number of carbonyl (C=O) groups is 1. The van der Waals surface area contributed by atoms with Crippen molar-refractivity contribution in [3.8, 4) is 0 Å². The Morgan fingerprint density at radius 2 is 2.40 bits per heavy atom. The average Bonchev–Trinajstić information content (AvgIpc) is 2.68. The van der Waals surface area contributed by atoms with Gasteiger partial charge in [-0.2, -0.15) is 0 Å². The summed E-state index contributed by atoms with van der Waals surface area (Å²) in [6.45, 7) is 5.27. The van der Waals surface area contributed by atoms with Gasteiger partial charge in [0.2, 0.25) is 5.91 Å². The van der Waals surface area contributed by atoms with Crippen LogP contribution in [0.25, 0.3) is 0 Å². The lowest BCUT2D eigenvalue weighted by molar-refractivity contribution is -0.132. The molecule has 1 amide bonds. The second-order valence-corrected chi connectivity index (χ2v) is 4.98. The van der Waals surface area contributed by atoms with Crippen molar-refractivity contribution in [2.24, 2.45) is 0 Å². The highest BCUT2D eigenvalue weighted by molar-refractivity contribution is 7.99. The molecule has 4 nitrogen and oxygen atoms in total. The van der Waals surface area contributed by atoms with Crippen LogP contribution in [0.15, 0.2) is 0 Å². The molecule has 0 bridgehead atoms. The van der Waals surface area contributed by atoms with Gasteiger partial charge < -0.3 is 9.64 Å². The minimum Gasteiger partial charge on any atom is -0.377 e. The highest BCUT2D eigenvalue weighted by Crippen LogP contribution is 2.11. The summed E-state index contributed by atoms with van der Waals surface area (Å²) >= 11 is 1.77. The lowest BCUT2D eigenvalue weighted by Crippen LogP contribution is -2.44. The van der Waals surface area contributed by atoms with Crippen molar-refractivity contribution in [3.05, 3.63) is 0 Å². The fourth-order valence-corrected chi connectivity index (χ4v) is 2.29. The van der Waals surface area contributed by atoms with Crippen molar-refractivity contribution in [3.63, 3.8) is 0 Å². The van der Waals surface area contributed by atoms with Gasteiger partial charge in [0.1, 0.15) is 0 Å². The molecule has 0 aromatic carbocycles. The number of hydrogen-bond acceptors (Lipinski definition) is 4. The van der Waals surface area contributed by atoms with E-state index in [4.69, 9.17) is 4.74 Å². The minimum absolute atomic E-state index is 0.000880. The Bertz CT molecular complexity index is 206. The fraction of sp³-hybridized carbons (Fsp3) is 0.900. The molecule has 1 atom stereocenters. The molecule has 1 aliphatic rings. The first kappa shape index (κ1) is 12.8. The molecule has 5 heteroatoms. The van der Waals surface area contributed by atoms with Crippen LogP contribution in [0, 0.1) is 0 Å². The third kappa shape index (κ3) is 4.40. The highest BCUT2D eigenvalue weighted by atomic mass is 32.2. The number of hydrogen-bond donors (Lipinski definition) is 1. The fourth-order valence-electron chi connectivity index (χ4n) is 1.36. The maximum absolute atomic E-state index is 11.8. The topological polar surface area (TPSA) is 41.6 Å². The predicted molar refractivity (Wildman–Crippen MR) is 63.0 cm³/mol. The first-order valence-corrected chi connectivity index (χ1v) is 6.44. The Balaban J connectivity index is 2.20. The van der Waals surface area contributed by atoms with Crippen LogP contribution in [0.4, 0.5) is 0 Å². The van der Waals surface area contributed by atoms with Gasteiger partial charge in [-0.1, -0.05) is 0 Å². The van der Waals surface area contributed by atoms with E-state index < -0.39 is 0 Å². The van der Waals surface area contributed by atoms with Crippen molar-refractivity contribution >= 4 is 17.7 Å². The van der Waals surface area contributed by atoms with E-state index in [-0.39, 0.29) is 18.1 Å². The highest BCUT2D eigenvalue weighted by Gasteiger charge is 2.24. The molecule has 0 aromatic rings. The van der Waals surface area contributed by atoms with Gasteiger partial charge in [0.25, 0.3) is 0 Å². The van der Waals surface area contributed by atoms with Crippen LogP contribution < -0.4 is 5.32 Å². The van der Waals surface area contributed by atoms with E-state index in [0.29, 0.717) is 13.2 Å². The monoisotopic (exact) mass is 232 g/mol. The quantitative estimate of drug-likeness (QED) is 0.751. The molecule has 1 rings (SSSR count). The van der Waals surface area contributed by atoms with E-state index in [1.165, 1.54) is 0 Å². The Hall–Kier alpha value is -0.260. The molecule has 1 aliphatic heterocycles. The van der Waals surface area contributed by atoms with E-state index in [9.17, 15) is 4.79 Å². The van der Waals surface area contributed by atoms with E-state index >= 15 is 0 Å². The first-order chi connectivity index (χ1) is 7.11. The normalized spacial score (nSPS) is 20.9. The molecule has 1 unspecified atom stereocenters. The summed E-state index contributed by atoms with van der Waals surface area (Å²) in [5, 5.41) is 3.17. The molecule has 0 aliphatic carbocycles. The molecule has 15 heavy (non-hydrogen) atoms. The van der Waals surface area contributed by atoms with E-state index in [1.54, 1.807) is 16.7 Å². The van der Waals surface area contributed by atoms with Gasteiger partial charge in [-0.3, -0.25) is 10.1 Å². The second kappa shape index (κ2) is 6.35. The molecular formula is C10H20N2O2S.